The first-order chi connectivity index (χ1) is 18.3. The van der Waals surface area contributed by atoms with Gasteiger partial charge >= 0.3 is 29.6 Å². The Bertz CT molecular complexity index is 1170. The second kappa shape index (κ2) is 14.2. The summed E-state index contributed by atoms with van der Waals surface area (Å²) in [6.45, 7) is 2.82. The first kappa shape index (κ1) is 31.0. The summed E-state index contributed by atoms with van der Waals surface area (Å²) in [5.74, 6) is -0.993. The Labute approximate surface area is 249 Å². The molecular formula is C30H32F2NNaO5. The van der Waals surface area contributed by atoms with Crippen molar-refractivity contribution in [2.24, 2.45) is 5.92 Å². The third-order valence-electron chi connectivity index (χ3n) is 7.20. The van der Waals surface area contributed by atoms with Gasteiger partial charge in [0.15, 0.2) is 11.5 Å². The Morgan fingerprint density at radius 3 is 2.05 bits per heavy atom. The first-order valence-electron chi connectivity index (χ1n) is 12.8. The van der Waals surface area contributed by atoms with Crippen LogP contribution in [0.2, 0.25) is 0 Å². The van der Waals surface area contributed by atoms with Gasteiger partial charge in [-0.3, -0.25) is 0 Å². The van der Waals surface area contributed by atoms with Gasteiger partial charge in [-0.2, -0.15) is 0 Å². The SMILES string of the molecule is COc1cc(CC(=O)[O-])ccc1OCCCN1CCC(C(O)(c2ccc(F)cc2)c2ccc(F)cc2)CC1.[Na+]. The van der Waals surface area contributed by atoms with E-state index in [-0.39, 0.29) is 53.5 Å². The molecule has 0 spiro atoms. The zero-order valence-electron chi connectivity index (χ0n) is 22.4. The number of aliphatic carboxylic acids is 1. The van der Waals surface area contributed by atoms with E-state index in [1.54, 1.807) is 42.5 Å². The maximum atomic E-state index is 13.6. The molecule has 1 saturated heterocycles. The summed E-state index contributed by atoms with van der Waals surface area (Å²) in [5.41, 5.74) is 0.419. The van der Waals surface area contributed by atoms with Gasteiger partial charge in [0.1, 0.15) is 17.2 Å². The van der Waals surface area contributed by atoms with E-state index in [0.29, 0.717) is 34.8 Å². The average Bonchev–Trinajstić information content (AvgIpc) is 2.92. The summed E-state index contributed by atoms with van der Waals surface area (Å²) >= 11 is 0. The Kier molecular flexibility index (Phi) is 11.3. The quantitative estimate of drug-likeness (QED) is 0.281. The fourth-order valence-corrected chi connectivity index (χ4v) is 5.20. The van der Waals surface area contributed by atoms with Crippen LogP contribution in [0.5, 0.6) is 11.5 Å². The number of carbonyl (C=O) groups is 1. The molecule has 39 heavy (non-hydrogen) atoms. The first-order valence-corrected chi connectivity index (χ1v) is 12.8. The number of halogens is 2. The molecule has 6 nitrogen and oxygen atoms in total. The molecule has 1 N–H and O–H groups in total. The van der Waals surface area contributed by atoms with Gasteiger partial charge in [0.05, 0.1) is 13.7 Å². The molecule has 0 aromatic heterocycles. The van der Waals surface area contributed by atoms with Crippen LogP contribution in [0.3, 0.4) is 0 Å². The largest absolute Gasteiger partial charge is 1.00 e. The van der Waals surface area contributed by atoms with Crippen LogP contribution < -0.4 is 44.1 Å². The fraction of sp³-hybridized carbons (Fsp3) is 0.367. The summed E-state index contributed by atoms with van der Waals surface area (Å²) in [5, 5.41) is 22.8. The van der Waals surface area contributed by atoms with E-state index in [0.717, 1.165) is 38.9 Å². The molecule has 1 aliphatic rings. The molecule has 1 heterocycles. The molecular weight excluding hydrogens is 515 g/mol. The molecule has 0 atom stereocenters. The van der Waals surface area contributed by atoms with Gasteiger partial charge in [-0.05, 0) is 91.4 Å². The van der Waals surface area contributed by atoms with Crippen molar-refractivity contribution in [3.63, 3.8) is 0 Å². The topological polar surface area (TPSA) is 82.1 Å². The van der Waals surface area contributed by atoms with Crippen LogP contribution in [-0.2, 0) is 16.8 Å². The monoisotopic (exact) mass is 547 g/mol. The van der Waals surface area contributed by atoms with Crippen molar-refractivity contribution in [2.75, 3.05) is 33.4 Å². The molecule has 0 amide bonds. The third kappa shape index (κ3) is 7.80. The number of benzene rings is 3. The van der Waals surface area contributed by atoms with Gasteiger partial charge in [-0.15, -0.1) is 0 Å². The maximum Gasteiger partial charge on any atom is 1.00 e. The molecule has 0 aliphatic carbocycles. The molecule has 0 bridgehead atoms. The Balaban J connectivity index is 0.00000420. The van der Waals surface area contributed by atoms with E-state index >= 15 is 0 Å². The van der Waals surface area contributed by atoms with E-state index in [1.165, 1.54) is 31.4 Å². The predicted molar refractivity (Wildman–Crippen MR) is 137 cm³/mol. The molecule has 9 heteroatoms. The van der Waals surface area contributed by atoms with Gasteiger partial charge in [-0.1, -0.05) is 30.3 Å². The van der Waals surface area contributed by atoms with Crippen molar-refractivity contribution in [1.29, 1.82) is 0 Å². The number of piperidine rings is 1. The molecule has 0 saturated carbocycles. The van der Waals surface area contributed by atoms with Crippen LogP contribution in [0.4, 0.5) is 8.78 Å². The smallest absolute Gasteiger partial charge is 0.550 e. The van der Waals surface area contributed by atoms with Gasteiger partial charge in [0, 0.05) is 18.9 Å². The summed E-state index contributed by atoms with van der Waals surface area (Å²) in [4.78, 5) is 13.1. The number of hydrogen-bond acceptors (Lipinski definition) is 6. The third-order valence-corrected chi connectivity index (χ3v) is 7.20. The van der Waals surface area contributed by atoms with Crippen molar-refractivity contribution in [3.05, 3.63) is 95.1 Å². The van der Waals surface area contributed by atoms with E-state index in [1.807, 2.05) is 0 Å². The number of aliphatic hydroxyl groups is 1. The van der Waals surface area contributed by atoms with E-state index in [2.05, 4.69) is 4.90 Å². The van der Waals surface area contributed by atoms with E-state index in [9.17, 15) is 23.8 Å². The minimum Gasteiger partial charge on any atom is -0.550 e. The summed E-state index contributed by atoms with van der Waals surface area (Å²) < 4.78 is 38.4. The average molecular weight is 548 g/mol. The molecule has 202 valence electrons. The van der Waals surface area contributed by atoms with Crippen LogP contribution >= 0.6 is 0 Å². The van der Waals surface area contributed by atoms with Gasteiger partial charge in [-0.25, -0.2) is 8.78 Å². The van der Waals surface area contributed by atoms with Crippen LogP contribution in [-0.4, -0.2) is 49.3 Å². The number of hydrogen-bond donors (Lipinski definition) is 1. The summed E-state index contributed by atoms with van der Waals surface area (Å²) in [7, 11) is 1.51. The minimum absolute atomic E-state index is 0. The number of carbonyl (C=O) groups excluding carboxylic acids is 1. The normalized spacial score (nSPS) is 14.5. The molecule has 0 radical (unpaired) electrons. The zero-order chi connectivity index (χ0) is 27.1. The summed E-state index contributed by atoms with van der Waals surface area (Å²) in [6, 6.07) is 16.8. The number of ether oxygens (including phenoxy) is 2. The van der Waals surface area contributed by atoms with Gasteiger partial charge < -0.3 is 29.4 Å². The molecule has 1 fully saturated rings. The van der Waals surface area contributed by atoms with Gasteiger partial charge in [0.2, 0.25) is 0 Å². The number of likely N-dealkylation sites (tertiary alicyclic amines) is 1. The second-order valence-electron chi connectivity index (χ2n) is 9.63. The Morgan fingerprint density at radius 2 is 1.54 bits per heavy atom. The molecule has 3 aromatic carbocycles. The van der Waals surface area contributed by atoms with Gasteiger partial charge in [0.25, 0.3) is 0 Å². The number of nitrogens with zero attached hydrogens (tertiary/aromatic N) is 1. The van der Waals surface area contributed by atoms with Crippen molar-refractivity contribution in [1.82, 2.24) is 4.90 Å². The molecule has 4 rings (SSSR count). The number of methoxy groups -OCH3 is 1. The Hall–Kier alpha value is -2.49. The Morgan fingerprint density at radius 1 is 0.974 bits per heavy atom. The fourth-order valence-electron chi connectivity index (χ4n) is 5.20. The number of carboxylic acid groups (broad SMARTS) is 1. The van der Waals surface area contributed by atoms with E-state index < -0.39 is 11.6 Å². The predicted octanol–water partition coefficient (Wildman–Crippen LogP) is 0.687. The van der Waals surface area contributed by atoms with Crippen molar-refractivity contribution in [2.45, 2.75) is 31.3 Å². The van der Waals surface area contributed by atoms with Crippen molar-refractivity contribution >= 4 is 5.97 Å². The molecule has 1 aliphatic heterocycles. The zero-order valence-corrected chi connectivity index (χ0v) is 24.4. The number of carboxylic acids is 1. The maximum absolute atomic E-state index is 13.6. The van der Waals surface area contributed by atoms with Crippen LogP contribution in [0.15, 0.2) is 66.7 Å². The molecule has 3 aromatic rings. The number of rotatable bonds is 11. The van der Waals surface area contributed by atoms with Crippen LogP contribution in [0.1, 0.15) is 36.0 Å². The van der Waals surface area contributed by atoms with Crippen LogP contribution in [0.25, 0.3) is 0 Å². The van der Waals surface area contributed by atoms with Crippen molar-refractivity contribution in [3.8, 4) is 11.5 Å². The second-order valence-corrected chi connectivity index (χ2v) is 9.63. The standard InChI is InChI=1S/C30H33F2NO5.Na/c1-37-28-19-21(20-29(34)35)3-12-27(28)38-18-2-15-33-16-13-24(14-17-33)30(36,22-4-8-25(31)9-5-22)23-6-10-26(32)11-7-23;/h3-12,19,24,36H,2,13-18,20H2,1H3,(H,34,35);/q;+1/p-1. The summed E-state index contributed by atoms with van der Waals surface area (Å²) in [6.07, 6.45) is 2.03. The molecule has 0 unspecified atom stereocenters. The minimum atomic E-state index is -1.35. The van der Waals surface area contributed by atoms with Crippen molar-refractivity contribution < 1.29 is 62.8 Å². The van der Waals surface area contributed by atoms with E-state index in [4.69, 9.17) is 9.47 Å². The van der Waals surface area contributed by atoms with Crippen LogP contribution in [0, 0.1) is 17.6 Å².